The molecule has 148 valence electrons. The van der Waals surface area contributed by atoms with E-state index >= 15 is 0 Å². The van der Waals surface area contributed by atoms with Gasteiger partial charge in [-0.25, -0.2) is 4.98 Å². The van der Waals surface area contributed by atoms with Crippen LogP contribution in [0.25, 0.3) is 0 Å². The molecule has 1 heterocycles. The van der Waals surface area contributed by atoms with Crippen molar-refractivity contribution in [3.63, 3.8) is 0 Å². The van der Waals surface area contributed by atoms with Crippen molar-refractivity contribution in [3.8, 4) is 6.07 Å². The van der Waals surface area contributed by atoms with Crippen LogP contribution in [0.15, 0.2) is 11.1 Å². The first-order valence-corrected chi connectivity index (χ1v) is 11.6. The molecule has 1 aromatic rings. The second kappa shape index (κ2) is 12.3. The lowest BCUT2D eigenvalue weighted by Gasteiger charge is -2.18. The van der Waals surface area contributed by atoms with Crippen LogP contribution in [0.4, 0.5) is 0 Å². The van der Waals surface area contributed by atoms with E-state index < -0.39 is 0 Å². The molecule has 0 N–H and O–H groups in total. The van der Waals surface area contributed by atoms with E-state index in [0.717, 1.165) is 55.7 Å². The fraction of sp³-hybridized carbons (Fsp3) is 0.650. The molecule has 1 aromatic heterocycles. The average molecular weight is 409 g/mol. The van der Waals surface area contributed by atoms with Gasteiger partial charge in [-0.2, -0.15) is 17.0 Å². The normalized spacial score (nSPS) is 14.3. The number of carbonyl (C=O) groups is 1. The third-order valence-electron chi connectivity index (χ3n) is 4.31. The number of aryl methyl sites for hydroxylation is 2. The topological polar surface area (TPSA) is 72.2 Å². The minimum absolute atomic E-state index is 0.153. The average Bonchev–Trinajstić information content (AvgIpc) is 2.69. The van der Waals surface area contributed by atoms with Crippen LogP contribution in [-0.4, -0.2) is 48.0 Å². The number of fused-ring (bicyclic) bond motifs is 1. The molecule has 1 aliphatic rings. The van der Waals surface area contributed by atoms with Gasteiger partial charge in [0.15, 0.2) is 0 Å². The van der Waals surface area contributed by atoms with E-state index in [0.29, 0.717) is 17.2 Å². The Morgan fingerprint density at radius 2 is 2.22 bits per heavy atom. The summed E-state index contributed by atoms with van der Waals surface area (Å²) in [5.74, 6) is 1.67. The summed E-state index contributed by atoms with van der Waals surface area (Å²) in [5, 5.41) is 10.0. The number of carbonyl (C=O) groups excluding carboxylic acids is 1. The maximum atomic E-state index is 12.3. The monoisotopic (exact) mass is 408 g/mol. The molecule has 5 nitrogen and oxygen atoms in total. The standard InChI is InChI=1S/C20H28N2O3S2/c1-3-4-9-26-13-17(12-24-2)25-19(23)14-27-20-16(11-21)10-15-7-5-6-8-18(15)22-20/h10,17H,3-9,12-14H2,1-2H3. The lowest BCUT2D eigenvalue weighted by Crippen LogP contribution is -2.26. The molecule has 1 aliphatic carbocycles. The van der Waals surface area contributed by atoms with Gasteiger partial charge in [-0.15, -0.1) is 0 Å². The summed E-state index contributed by atoms with van der Waals surface area (Å²) in [6.45, 7) is 2.56. The van der Waals surface area contributed by atoms with Gasteiger partial charge in [0.2, 0.25) is 0 Å². The molecular formula is C20H28N2O3S2. The molecule has 2 rings (SSSR count). The van der Waals surface area contributed by atoms with Gasteiger partial charge >= 0.3 is 5.97 Å². The number of nitriles is 1. The van der Waals surface area contributed by atoms with E-state index in [1.165, 1.54) is 17.3 Å². The highest BCUT2D eigenvalue weighted by Gasteiger charge is 2.18. The van der Waals surface area contributed by atoms with Crippen molar-refractivity contribution >= 4 is 29.5 Å². The van der Waals surface area contributed by atoms with Crippen LogP contribution in [0.2, 0.25) is 0 Å². The van der Waals surface area contributed by atoms with Crippen LogP contribution in [0.5, 0.6) is 0 Å². The van der Waals surface area contributed by atoms with Gasteiger partial charge in [-0.05, 0) is 49.5 Å². The first-order valence-electron chi connectivity index (χ1n) is 9.49. The third-order valence-corrected chi connectivity index (χ3v) is 6.46. The number of aromatic nitrogens is 1. The van der Waals surface area contributed by atoms with Gasteiger partial charge in [0.1, 0.15) is 17.2 Å². The number of ether oxygens (including phenoxy) is 2. The predicted molar refractivity (Wildman–Crippen MR) is 110 cm³/mol. The Labute approximate surface area is 170 Å². The van der Waals surface area contributed by atoms with E-state index in [1.807, 2.05) is 6.07 Å². The molecule has 0 amide bonds. The molecule has 1 unspecified atom stereocenters. The number of methoxy groups -OCH3 is 1. The van der Waals surface area contributed by atoms with E-state index in [1.54, 1.807) is 18.9 Å². The second-order valence-electron chi connectivity index (χ2n) is 6.55. The highest BCUT2D eigenvalue weighted by Crippen LogP contribution is 2.27. The molecule has 0 fully saturated rings. The highest BCUT2D eigenvalue weighted by atomic mass is 32.2. The SMILES string of the molecule is CCCCSCC(COC)OC(=O)CSc1nc2c(cc1C#N)CCCC2. The third kappa shape index (κ3) is 7.36. The van der Waals surface area contributed by atoms with E-state index in [4.69, 9.17) is 9.47 Å². The zero-order valence-electron chi connectivity index (χ0n) is 16.2. The molecule has 0 saturated heterocycles. The summed E-state index contributed by atoms with van der Waals surface area (Å²) in [7, 11) is 1.61. The number of nitrogens with zero attached hydrogens (tertiary/aromatic N) is 2. The van der Waals surface area contributed by atoms with Crippen molar-refractivity contribution in [1.82, 2.24) is 4.98 Å². The smallest absolute Gasteiger partial charge is 0.316 e. The highest BCUT2D eigenvalue weighted by molar-refractivity contribution is 8.00. The second-order valence-corrected chi connectivity index (χ2v) is 8.66. The van der Waals surface area contributed by atoms with Gasteiger partial charge in [-0.1, -0.05) is 25.1 Å². The first kappa shape index (κ1) is 22.1. The molecule has 0 radical (unpaired) electrons. The lowest BCUT2D eigenvalue weighted by atomic mass is 9.95. The number of pyridine rings is 1. The molecule has 27 heavy (non-hydrogen) atoms. The zero-order chi connectivity index (χ0) is 19.5. The number of hydrogen-bond donors (Lipinski definition) is 0. The van der Waals surface area contributed by atoms with Gasteiger partial charge in [0.05, 0.1) is 17.9 Å². The van der Waals surface area contributed by atoms with Crippen LogP contribution in [-0.2, 0) is 27.1 Å². The number of thioether (sulfide) groups is 2. The van der Waals surface area contributed by atoms with E-state index in [9.17, 15) is 10.1 Å². The summed E-state index contributed by atoms with van der Waals surface area (Å²) in [6.07, 6.45) is 6.30. The summed E-state index contributed by atoms with van der Waals surface area (Å²) in [6, 6.07) is 4.15. The Kier molecular flexibility index (Phi) is 10.0. The van der Waals surface area contributed by atoms with Crippen LogP contribution >= 0.6 is 23.5 Å². The first-order chi connectivity index (χ1) is 13.2. The van der Waals surface area contributed by atoms with E-state index in [2.05, 4.69) is 18.0 Å². The zero-order valence-corrected chi connectivity index (χ0v) is 17.8. The molecule has 7 heteroatoms. The summed E-state index contributed by atoms with van der Waals surface area (Å²) < 4.78 is 10.7. The Bertz CT molecular complexity index is 661. The van der Waals surface area contributed by atoms with Crippen molar-refractivity contribution in [2.45, 2.75) is 56.6 Å². The molecule has 1 atom stereocenters. The molecule has 0 aliphatic heterocycles. The summed E-state index contributed by atoms with van der Waals surface area (Å²) in [4.78, 5) is 16.9. The maximum Gasteiger partial charge on any atom is 0.316 e. The van der Waals surface area contributed by atoms with Gasteiger partial charge in [0, 0.05) is 18.6 Å². The number of unbranched alkanes of at least 4 members (excludes halogenated alkanes) is 1. The van der Waals surface area contributed by atoms with Crippen LogP contribution < -0.4 is 0 Å². The minimum atomic E-state index is -0.290. The van der Waals surface area contributed by atoms with Gasteiger partial charge in [0.25, 0.3) is 0 Å². The fourth-order valence-corrected chi connectivity index (χ4v) is 4.76. The quantitative estimate of drug-likeness (QED) is 0.311. The number of rotatable bonds is 11. The fourth-order valence-electron chi connectivity index (χ4n) is 2.92. The lowest BCUT2D eigenvalue weighted by molar-refractivity contribution is -0.146. The molecule has 0 aromatic carbocycles. The Morgan fingerprint density at radius 1 is 1.41 bits per heavy atom. The Morgan fingerprint density at radius 3 is 2.96 bits per heavy atom. The molecule has 0 bridgehead atoms. The summed E-state index contributed by atoms with van der Waals surface area (Å²) in [5.41, 5.74) is 2.80. The van der Waals surface area contributed by atoms with Gasteiger partial charge < -0.3 is 9.47 Å². The van der Waals surface area contributed by atoms with Crippen molar-refractivity contribution in [2.75, 3.05) is 31.0 Å². The number of esters is 1. The maximum absolute atomic E-state index is 12.3. The Hall–Kier alpha value is -1.23. The van der Waals surface area contributed by atoms with Crippen molar-refractivity contribution in [2.24, 2.45) is 0 Å². The summed E-state index contributed by atoms with van der Waals surface area (Å²) >= 11 is 3.07. The van der Waals surface area contributed by atoms with Crippen molar-refractivity contribution in [3.05, 3.63) is 22.9 Å². The van der Waals surface area contributed by atoms with Crippen molar-refractivity contribution < 1.29 is 14.3 Å². The largest absolute Gasteiger partial charge is 0.458 e. The Balaban J connectivity index is 1.89. The van der Waals surface area contributed by atoms with Crippen LogP contribution in [0.3, 0.4) is 0 Å². The predicted octanol–water partition coefficient (Wildman–Crippen LogP) is 4.02. The molecule has 0 saturated carbocycles. The molecular weight excluding hydrogens is 380 g/mol. The van der Waals surface area contributed by atoms with Crippen LogP contribution in [0, 0.1) is 11.3 Å². The van der Waals surface area contributed by atoms with Crippen molar-refractivity contribution in [1.29, 1.82) is 5.26 Å². The molecule has 0 spiro atoms. The number of hydrogen-bond acceptors (Lipinski definition) is 7. The van der Waals surface area contributed by atoms with Crippen LogP contribution in [0.1, 0.15) is 49.4 Å². The van der Waals surface area contributed by atoms with Gasteiger partial charge in [-0.3, -0.25) is 4.79 Å². The minimum Gasteiger partial charge on any atom is -0.458 e. The van der Waals surface area contributed by atoms with E-state index in [-0.39, 0.29) is 17.8 Å².